The fourth-order valence-corrected chi connectivity index (χ4v) is 3.23. The molecule has 0 bridgehead atoms. The molecule has 1 N–H and O–H groups in total. The predicted octanol–water partition coefficient (Wildman–Crippen LogP) is 4.62. The van der Waals surface area contributed by atoms with Gasteiger partial charge in [0.15, 0.2) is 0 Å². The maximum Gasteiger partial charge on any atom is 0.120 e. The number of hydrogen-bond donors (Lipinski definition) is 1. The number of phenolic OH excluding ortho intramolecular Hbond substituents is 1. The van der Waals surface area contributed by atoms with E-state index in [0.717, 1.165) is 11.5 Å². The van der Waals surface area contributed by atoms with Crippen molar-refractivity contribution in [3.8, 4) is 5.75 Å². The van der Waals surface area contributed by atoms with Crippen LogP contribution in [0.1, 0.15) is 51.1 Å². The molecule has 1 aliphatic rings. The summed E-state index contributed by atoms with van der Waals surface area (Å²) in [5.41, 5.74) is 0.925. The zero-order valence-electron chi connectivity index (χ0n) is 12.1. The van der Waals surface area contributed by atoms with Crippen molar-refractivity contribution >= 4 is 11.6 Å². The van der Waals surface area contributed by atoms with Crippen LogP contribution in [0.2, 0.25) is 5.02 Å². The summed E-state index contributed by atoms with van der Waals surface area (Å²) in [6.07, 6.45) is 5.12. The van der Waals surface area contributed by atoms with Gasteiger partial charge in [-0.2, -0.15) is 0 Å². The third-order valence-electron chi connectivity index (χ3n) is 4.61. The minimum absolute atomic E-state index is 0.192. The van der Waals surface area contributed by atoms with Crippen LogP contribution >= 0.6 is 11.6 Å². The van der Waals surface area contributed by atoms with Gasteiger partial charge >= 0.3 is 0 Å². The minimum Gasteiger partial charge on any atom is -0.508 e. The van der Waals surface area contributed by atoms with Crippen molar-refractivity contribution in [2.45, 2.75) is 51.6 Å². The first kappa shape index (κ1) is 14.7. The molecule has 0 radical (unpaired) electrons. The van der Waals surface area contributed by atoms with Crippen molar-refractivity contribution in [1.29, 1.82) is 0 Å². The SMILES string of the molecule is CC1CCC(N(C)C(C)c2cc(Cl)ccc2O)CC1. The van der Waals surface area contributed by atoms with Gasteiger partial charge in [0.05, 0.1) is 0 Å². The van der Waals surface area contributed by atoms with E-state index in [-0.39, 0.29) is 6.04 Å². The first-order chi connectivity index (χ1) is 8.99. The molecule has 2 rings (SSSR count). The Morgan fingerprint density at radius 3 is 2.53 bits per heavy atom. The fourth-order valence-electron chi connectivity index (χ4n) is 3.05. The topological polar surface area (TPSA) is 23.5 Å². The minimum atomic E-state index is 0.192. The van der Waals surface area contributed by atoms with Crippen LogP contribution < -0.4 is 0 Å². The molecule has 3 heteroatoms. The van der Waals surface area contributed by atoms with E-state index in [1.807, 2.05) is 6.07 Å². The third-order valence-corrected chi connectivity index (χ3v) is 4.85. The molecule has 1 aliphatic carbocycles. The molecule has 106 valence electrons. The Labute approximate surface area is 121 Å². The molecule has 1 saturated carbocycles. The lowest BCUT2D eigenvalue weighted by Crippen LogP contribution is -2.36. The molecule has 1 aromatic rings. The van der Waals surface area contributed by atoms with Crippen LogP contribution in [0.3, 0.4) is 0 Å². The van der Waals surface area contributed by atoms with Crippen LogP contribution in [0.4, 0.5) is 0 Å². The quantitative estimate of drug-likeness (QED) is 0.874. The van der Waals surface area contributed by atoms with Crippen LogP contribution in [-0.4, -0.2) is 23.1 Å². The van der Waals surface area contributed by atoms with Gasteiger partial charge in [0, 0.05) is 22.7 Å². The van der Waals surface area contributed by atoms with E-state index in [1.165, 1.54) is 25.7 Å². The van der Waals surface area contributed by atoms with E-state index in [0.29, 0.717) is 16.8 Å². The zero-order chi connectivity index (χ0) is 14.0. The highest BCUT2D eigenvalue weighted by Crippen LogP contribution is 2.35. The average molecular weight is 282 g/mol. The maximum atomic E-state index is 10.0. The number of hydrogen-bond acceptors (Lipinski definition) is 2. The monoisotopic (exact) mass is 281 g/mol. The molecule has 1 aromatic carbocycles. The number of rotatable bonds is 3. The summed E-state index contributed by atoms with van der Waals surface area (Å²) in [7, 11) is 2.16. The summed E-state index contributed by atoms with van der Waals surface area (Å²) in [4.78, 5) is 2.39. The van der Waals surface area contributed by atoms with E-state index >= 15 is 0 Å². The fraction of sp³-hybridized carbons (Fsp3) is 0.625. The summed E-state index contributed by atoms with van der Waals surface area (Å²) >= 11 is 6.04. The molecule has 0 aromatic heterocycles. The van der Waals surface area contributed by atoms with Crippen molar-refractivity contribution in [2.75, 3.05) is 7.05 Å². The molecule has 1 unspecified atom stereocenters. The van der Waals surface area contributed by atoms with Crippen molar-refractivity contribution in [3.05, 3.63) is 28.8 Å². The van der Waals surface area contributed by atoms with Gasteiger partial charge in [0.2, 0.25) is 0 Å². The van der Waals surface area contributed by atoms with Crippen LogP contribution in [-0.2, 0) is 0 Å². The Kier molecular flexibility index (Phi) is 4.75. The lowest BCUT2D eigenvalue weighted by atomic mass is 9.86. The second-order valence-corrected chi connectivity index (χ2v) is 6.39. The number of aromatic hydroxyl groups is 1. The van der Waals surface area contributed by atoms with E-state index in [4.69, 9.17) is 11.6 Å². The molecular weight excluding hydrogens is 258 g/mol. The molecule has 1 atom stereocenters. The smallest absolute Gasteiger partial charge is 0.120 e. The second-order valence-electron chi connectivity index (χ2n) is 5.96. The van der Waals surface area contributed by atoms with Crippen molar-refractivity contribution in [3.63, 3.8) is 0 Å². The van der Waals surface area contributed by atoms with Crippen LogP contribution in [0.5, 0.6) is 5.75 Å². The van der Waals surface area contributed by atoms with E-state index in [1.54, 1.807) is 12.1 Å². The highest BCUT2D eigenvalue weighted by Gasteiger charge is 2.26. The Hall–Kier alpha value is -0.730. The van der Waals surface area contributed by atoms with Crippen LogP contribution in [0, 0.1) is 5.92 Å². The van der Waals surface area contributed by atoms with E-state index < -0.39 is 0 Å². The lowest BCUT2D eigenvalue weighted by molar-refractivity contribution is 0.130. The number of halogens is 1. The van der Waals surface area contributed by atoms with Gasteiger partial charge in [-0.25, -0.2) is 0 Å². The van der Waals surface area contributed by atoms with Gasteiger partial charge in [0.25, 0.3) is 0 Å². The first-order valence-corrected chi connectivity index (χ1v) is 7.57. The van der Waals surface area contributed by atoms with Gasteiger partial charge in [-0.3, -0.25) is 4.90 Å². The second kappa shape index (κ2) is 6.15. The first-order valence-electron chi connectivity index (χ1n) is 7.19. The zero-order valence-corrected chi connectivity index (χ0v) is 12.8. The Balaban J connectivity index is 2.10. The van der Waals surface area contributed by atoms with E-state index in [9.17, 15) is 5.11 Å². The summed E-state index contributed by atoms with van der Waals surface area (Å²) < 4.78 is 0. The van der Waals surface area contributed by atoms with Crippen molar-refractivity contribution < 1.29 is 5.11 Å². The molecule has 0 spiro atoms. The molecule has 0 aliphatic heterocycles. The van der Waals surface area contributed by atoms with Gasteiger partial charge in [0.1, 0.15) is 5.75 Å². The highest BCUT2D eigenvalue weighted by molar-refractivity contribution is 6.30. The number of benzene rings is 1. The molecule has 0 saturated heterocycles. The summed E-state index contributed by atoms with van der Waals surface area (Å²) in [6, 6.07) is 6.10. The number of phenols is 1. The Morgan fingerprint density at radius 1 is 1.26 bits per heavy atom. The Morgan fingerprint density at radius 2 is 1.89 bits per heavy atom. The molecule has 19 heavy (non-hydrogen) atoms. The average Bonchev–Trinajstić information content (AvgIpc) is 2.41. The van der Waals surface area contributed by atoms with E-state index in [2.05, 4.69) is 25.8 Å². The lowest BCUT2D eigenvalue weighted by Gasteiger charge is -2.37. The number of nitrogens with zero attached hydrogens (tertiary/aromatic N) is 1. The van der Waals surface area contributed by atoms with Crippen LogP contribution in [0.25, 0.3) is 0 Å². The normalized spacial score (nSPS) is 25.5. The Bertz CT molecular complexity index is 427. The largest absolute Gasteiger partial charge is 0.508 e. The molecular formula is C16H24ClNO. The molecule has 2 nitrogen and oxygen atoms in total. The van der Waals surface area contributed by atoms with Gasteiger partial charge in [-0.05, 0) is 63.8 Å². The molecule has 1 fully saturated rings. The van der Waals surface area contributed by atoms with Crippen molar-refractivity contribution in [1.82, 2.24) is 4.90 Å². The molecule has 0 heterocycles. The van der Waals surface area contributed by atoms with Gasteiger partial charge in [-0.15, -0.1) is 0 Å². The van der Waals surface area contributed by atoms with Gasteiger partial charge < -0.3 is 5.11 Å². The van der Waals surface area contributed by atoms with Crippen molar-refractivity contribution in [2.24, 2.45) is 5.92 Å². The highest BCUT2D eigenvalue weighted by atomic mass is 35.5. The third kappa shape index (κ3) is 3.43. The summed E-state index contributed by atoms with van der Waals surface area (Å²) in [5, 5.41) is 10.7. The predicted molar refractivity (Wildman–Crippen MR) is 80.7 cm³/mol. The molecule has 0 amide bonds. The maximum absolute atomic E-state index is 10.0. The standard InChI is InChI=1S/C16H24ClNO/c1-11-4-7-14(8-5-11)18(3)12(2)15-10-13(17)6-9-16(15)19/h6,9-12,14,19H,4-5,7-8H2,1-3H3. The summed E-state index contributed by atoms with van der Waals surface area (Å²) in [6.45, 7) is 4.48. The van der Waals surface area contributed by atoms with Gasteiger partial charge in [-0.1, -0.05) is 18.5 Å². The van der Waals surface area contributed by atoms with Crippen LogP contribution in [0.15, 0.2) is 18.2 Å². The summed E-state index contributed by atoms with van der Waals surface area (Å²) in [5.74, 6) is 1.20.